The van der Waals surface area contributed by atoms with Crippen molar-refractivity contribution < 1.29 is 14.3 Å². The van der Waals surface area contributed by atoms with Crippen molar-refractivity contribution in [3.8, 4) is 11.5 Å². The van der Waals surface area contributed by atoms with Crippen molar-refractivity contribution in [2.45, 2.75) is 0 Å². The molecule has 0 amide bonds. The fourth-order valence-electron chi connectivity index (χ4n) is 1.57. The summed E-state index contributed by atoms with van der Waals surface area (Å²) in [7, 11) is 1.30. The lowest BCUT2D eigenvalue weighted by molar-refractivity contribution is 0.0601. The lowest BCUT2D eigenvalue weighted by Crippen LogP contribution is -2.02. The van der Waals surface area contributed by atoms with Crippen molar-refractivity contribution in [2.24, 2.45) is 0 Å². The van der Waals surface area contributed by atoms with Crippen LogP contribution in [-0.4, -0.2) is 13.1 Å². The Labute approximate surface area is 126 Å². The van der Waals surface area contributed by atoms with E-state index < -0.39 is 5.97 Å². The van der Waals surface area contributed by atoms with E-state index in [1.807, 2.05) is 0 Å². The molecule has 6 heteroatoms. The highest BCUT2D eigenvalue weighted by Gasteiger charge is 2.11. The van der Waals surface area contributed by atoms with Crippen LogP contribution in [-0.2, 0) is 4.74 Å². The smallest absolute Gasteiger partial charge is 0.337 e. The molecule has 0 unspecified atom stereocenters. The predicted molar refractivity (Wildman–Crippen MR) is 78.7 cm³/mol. The van der Waals surface area contributed by atoms with Crippen LogP contribution in [0.2, 0.25) is 10.0 Å². The molecule has 0 aromatic heterocycles. The molecule has 2 rings (SSSR count). The van der Waals surface area contributed by atoms with Gasteiger partial charge in [0, 0.05) is 0 Å². The summed E-state index contributed by atoms with van der Waals surface area (Å²) in [6.45, 7) is 0. The minimum absolute atomic E-state index is 0.295. The molecule has 4 nitrogen and oxygen atoms in total. The molecule has 0 radical (unpaired) electrons. The van der Waals surface area contributed by atoms with Gasteiger partial charge in [-0.25, -0.2) is 4.79 Å². The summed E-state index contributed by atoms with van der Waals surface area (Å²) in [6, 6.07) is 9.62. The van der Waals surface area contributed by atoms with Gasteiger partial charge in [-0.15, -0.1) is 0 Å². The summed E-state index contributed by atoms with van der Waals surface area (Å²) in [5.41, 5.74) is 6.48. The van der Waals surface area contributed by atoms with E-state index in [9.17, 15) is 4.79 Å². The summed E-state index contributed by atoms with van der Waals surface area (Å²) in [5.74, 6) is 0.294. The van der Waals surface area contributed by atoms with E-state index in [0.29, 0.717) is 32.8 Å². The number of halogens is 2. The van der Waals surface area contributed by atoms with Crippen LogP contribution in [0.5, 0.6) is 11.5 Å². The number of nitrogen functional groups attached to an aromatic ring is 1. The maximum Gasteiger partial charge on any atom is 0.337 e. The standard InChI is InChI=1S/C14H11Cl2NO3/c1-19-14(18)8-5-6-11(10(17)7-8)20-12-4-2-3-9(15)13(12)16/h2-7H,17H2,1H3. The quantitative estimate of drug-likeness (QED) is 0.683. The van der Waals surface area contributed by atoms with Crippen molar-refractivity contribution in [2.75, 3.05) is 12.8 Å². The number of anilines is 1. The van der Waals surface area contributed by atoms with Gasteiger partial charge in [0.05, 0.1) is 23.4 Å². The number of rotatable bonds is 3. The van der Waals surface area contributed by atoms with Crippen LogP contribution in [0.15, 0.2) is 36.4 Å². The number of hydrogen-bond donors (Lipinski definition) is 1. The van der Waals surface area contributed by atoms with Crippen molar-refractivity contribution in [1.82, 2.24) is 0 Å². The number of benzene rings is 2. The van der Waals surface area contributed by atoms with Crippen molar-refractivity contribution in [1.29, 1.82) is 0 Å². The SMILES string of the molecule is COC(=O)c1ccc(Oc2cccc(Cl)c2Cl)c(N)c1. The molecule has 20 heavy (non-hydrogen) atoms. The van der Waals surface area contributed by atoms with Crippen molar-refractivity contribution in [3.05, 3.63) is 52.0 Å². The zero-order valence-electron chi connectivity index (χ0n) is 10.5. The van der Waals surface area contributed by atoms with E-state index in [1.165, 1.54) is 13.2 Å². The molecule has 0 spiro atoms. The van der Waals surface area contributed by atoms with Gasteiger partial charge in [0.2, 0.25) is 0 Å². The van der Waals surface area contributed by atoms with Gasteiger partial charge < -0.3 is 15.2 Å². The largest absolute Gasteiger partial charge is 0.465 e. The Balaban J connectivity index is 2.30. The highest BCUT2D eigenvalue weighted by atomic mass is 35.5. The first-order chi connectivity index (χ1) is 9.52. The Morgan fingerprint density at radius 1 is 1.15 bits per heavy atom. The molecule has 0 aliphatic carbocycles. The summed E-state index contributed by atoms with van der Waals surface area (Å²) in [4.78, 5) is 11.4. The number of esters is 1. The summed E-state index contributed by atoms with van der Waals surface area (Å²) < 4.78 is 10.2. The van der Waals surface area contributed by atoms with Crippen molar-refractivity contribution >= 4 is 34.9 Å². The molecule has 0 atom stereocenters. The molecule has 0 fully saturated rings. The minimum Gasteiger partial charge on any atom is -0.465 e. The summed E-state index contributed by atoms with van der Waals surface area (Å²) >= 11 is 11.9. The molecular formula is C14H11Cl2NO3. The van der Waals surface area contributed by atoms with Gasteiger partial charge >= 0.3 is 5.97 Å². The highest BCUT2D eigenvalue weighted by Crippen LogP contribution is 2.36. The lowest BCUT2D eigenvalue weighted by Gasteiger charge is -2.11. The number of hydrogen-bond acceptors (Lipinski definition) is 4. The molecule has 0 aliphatic rings. The molecule has 0 saturated carbocycles. The minimum atomic E-state index is -0.468. The van der Waals surface area contributed by atoms with E-state index in [2.05, 4.69) is 4.74 Å². The van der Waals surface area contributed by atoms with E-state index in [1.54, 1.807) is 30.3 Å². The molecule has 0 heterocycles. The monoisotopic (exact) mass is 311 g/mol. The molecule has 2 N–H and O–H groups in total. The van der Waals surface area contributed by atoms with Crippen LogP contribution in [0, 0.1) is 0 Å². The fourth-order valence-corrected chi connectivity index (χ4v) is 1.90. The Kier molecular flexibility index (Phi) is 4.37. The van der Waals surface area contributed by atoms with Crippen LogP contribution in [0.3, 0.4) is 0 Å². The number of carbonyl (C=O) groups excluding carboxylic acids is 1. The first-order valence-electron chi connectivity index (χ1n) is 5.62. The van der Waals surface area contributed by atoms with Crippen LogP contribution >= 0.6 is 23.2 Å². The Morgan fingerprint density at radius 3 is 2.55 bits per heavy atom. The average Bonchev–Trinajstić information content (AvgIpc) is 2.45. The molecule has 0 bridgehead atoms. The second-order valence-corrected chi connectivity index (χ2v) is 4.68. The highest BCUT2D eigenvalue weighted by molar-refractivity contribution is 6.42. The maximum atomic E-state index is 11.4. The van der Waals surface area contributed by atoms with E-state index in [0.717, 1.165) is 0 Å². The van der Waals surface area contributed by atoms with Gasteiger partial charge in [0.1, 0.15) is 16.5 Å². The zero-order valence-corrected chi connectivity index (χ0v) is 12.0. The van der Waals surface area contributed by atoms with Crippen LogP contribution in [0.1, 0.15) is 10.4 Å². The van der Waals surface area contributed by atoms with E-state index in [-0.39, 0.29) is 0 Å². The summed E-state index contributed by atoms with van der Waals surface area (Å²) in [6.07, 6.45) is 0. The first kappa shape index (κ1) is 14.5. The van der Waals surface area contributed by atoms with Gasteiger partial charge in [-0.05, 0) is 30.3 Å². The van der Waals surface area contributed by atoms with Gasteiger partial charge in [0.15, 0.2) is 0 Å². The van der Waals surface area contributed by atoms with Gasteiger partial charge in [-0.3, -0.25) is 0 Å². The second-order valence-electron chi connectivity index (χ2n) is 3.90. The molecule has 0 saturated heterocycles. The third kappa shape index (κ3) is 2.98. The second kappa shape index (κ2) is 6.03. The van der Waals surface area contributed by atoms with E-state index in [4.69, 9.17) is 33.7 Å². The normalized spacial score (nSPS) is 10.2. The number of methoxy groups -OCH3 is 1. The van der Waals surface area contributed by atoms with Crippen LogP contribution in [0.4, 0.5) is 5.69 Å². The maximum absolute atomic E-state index is 11.4. The molecule has 2 aromatic rings. The first-order valence-corrected chi connectivity index (χ1v) is 6.38. The molecule has 2 aromatic carbocycles. The van der Waals surface area contributed by atoms with Crippen molar-refractivity contribution in [3.63, 3.8) is 0 Å². The topological polar surface area (TPSA) is 61.5 Å². The number of carbonyl (C=O) groups is 1. The zero-order chi connectivity index (χ0) is 14.7. The Hall–Kier alpha value is -1.91. The lowest BCUT2D eigenvalue weighted by atomic mass is 10.2. The molecular weight excluding hydrogens is 301 g/mol. The van der Waals surface area contributed by atoms with Crippen LogP contribution in [0.25, 0.3) is 0 Å². The van der Waals surface area contributed by atoms with E-state index >= 15 is 0 Å². The number of nitrogens with two attached hydrogens (primary N) is 1. The predicted octanol–water partition coefficient (Wildman–Crippen LogP) is 4.15. The Bertz CT molecular complexity index is 659. The van der Waals surface area contributed by atoms with Gasteiger partial charge in [0.25, 0.3) is 0 Å². The summed E-state index contributed by atoms with van der Waals surface area (Å²) in [5, 5.41) is 0.680. The van der Waals surface area contributed by atoms with Crippen LogP contribution < -0.4 is 10.5 Å². The van der Waals surface area contributed by atoms with Gasteiger partial charge in [-0.2, -0.15) is 0 Å². The third-order valence-electron chi connectivity index (χ3n) is 2.57. The Morgan fingerprint density at radius 2 is 1.90 bits per heavy atom. The fraction of sp³-hybridized carbons (Fsp3) is 0.0714. The van der Waals surface area contributed by atoms with Gasteiger partial charge in [-0.1, -0.05) is 29.3 Å². The number of ether oxygens (including phenoxy) is 2. The third-order valence-corrected chi connectivity index (χ3v) is 3.37. The molecule has 0 aliphatic heterocycles. The molecule has 104 valence electrons. The average molecular weight is 312 g/mol.